The van der Waals surface area contributed by atoms with Gasteiger partial charge in [-0.15, -0.1) is 0 Å². The summed E-state index contributed by atoms with van der Waals surface area (Å²) in [5, 5.41) is 11.6. The number of hydrogen-bond donors (Lipinski definition) is 2. The van der Waals surface area contributed by atoms with Gasteiger partial charge in [-0.1, -0.05) is 18.2 Å². The molecule has 1 fully saturated rings. The molecule has 0 saturated carbocycles. The van der Waals surface area contributed by atoms with Crippen LogP contribution < -0.4 is 5.32 Å². The van der Waals surface area contributed by atoms with Crippen LogP contribution in [0.4, 0.5) is 10.5 Å². The molecular formula is C15H20N2O3. The van der Waals surface area contributed by atoms with E-state index < -0.39 is 5.97 Å². The molecule has 2 amide bonds. The summed E-state index contributed by atoms with van der Waals surface area (Å²) in [5.74, 6) is -0.471. The second kappa shape index (κ2) is 6.41. The predicted molar refractivity (Wildman–Crippen MR) is 76.7 cm³/mol. The molecule has 0 bridgehead atoms. The molecule has 2 rings (SSSR count). The first-order valence-corrected chi connectivity index (χ1v) is 6.89. The second-order valence-electron chi connectivity index (χ2n) is 5.28. The normalized spacial score (nSPS) is 18.1. The number of hydrogen-bond acceptors (Lipinski definition) is 2. The summed E-state index contributed by atoms with van der Waals surface area (Å²) in [4.78, 5) is 24.5. The van der Waals surface area contributed by atoms with Crippen LogP contribution in [-0.4, -0.2) is 35.1 Å². The van der Waals surface area contributed by atoms with E-state index in [1.807, 2.05) is 31.2 Å². The van der Waals surface area contributed by atoms with Gasteiger partial charge in [0.2, 0.25) is 0 Å². The number of carboxylic acids is 1. The zero-order chi connectivity index (χ0) is 14.5. The van der Waals surface area contributed by atoms with Crippen molar-refractivity contribution in [3.05, 3.63) is 29.8 Å². The highest BCUT2D eigenvalue weighted by molar-refractivity contribution is 5.90. The number of nitrogens with zero attached hydrogens (tertiary/aromatic N) is 1. The maximum absolute atomic E-state index is 12.1. The van der Waals surface area contributed by atoms with Gasteiger partial charge in [0, 0.05) is 25.2 Å². The van der Waals surface area contributed by atoms with Crippen LogP contribution in [0, 0.1) is 12.8 Å². The minimum absolute atomic E-state index is 0.0999. The third kappa shape index (κ3) is 3.73. The monoisotopic (exact) mass is 276 g/mol. The van der Waals surface area contributed by atoms with E-state index in [0.717, 1.165) is 17.7 Å². The van der Waals surface area contributed by atoms with Crippen molar-refractivity contribution in [2.24, 2.45) is 5.92 Å². The van der Waals surface area contributed by atoms with E-state index in [9.17, 15) is 9.59 Å². The van der Waals surface area contributed by atoms with Crippen molar-refractivity contribution in [1.29, 1.82) is 0 Å². The SMILES string of the molecule is Cc1ccccc1NC(=O)N1CCC(CCC(=O)O)C1. The molecule has 1 heterocycles. The zero-order valence-corrected chi connectivity index (χ0v) is 11.6. The van der Waals surface area contributed by atoms with Crippen LogP contribution >= 0.6 is 0 Å². The van der Waals surface area contributed by atoms with Crippen molar-refractivity contribution in [2.75, 3.05) is 18.4 Å². The Labute approximate surface area is 118 Å². The van der Waals surface area contributed by atoms with Crippen molar-refractivity contribution >= 4 is 17.7 Å². The predicted octanol–water partition coefficient (Wildman–Crippen LogP) is 2.71. The van der Waals surface area contributed by atoms with Crippen molar-refractivity contribution in [2.45, 2.75) is 26.2 Å². The fourth-order valence-corrected chi connectivity index (χ4v) is 2.49. The Morgan fingerprint density at radius 1 is 1.40 bits per heavy atom. The molecule has 1 unspecified atom stereocenters. The molecule has 20 heavy (non-hydrogen) atoms. The van der Waals surface area contributed by atoms with Crippen LogP contribution in [0.15, 0.2) is 24.3 Å². The number of aliphatic carboxylic acids is 1. The molecule has 0 aliphatic carbocycles. The van der Waals surface area contributed by atoms with Gasteiger partial charge in [0.1, 0.15) is 0 Å². The Balaban J connectivity index is 1.85. The van der Waals surface area contributed by atoms with Crippen molar-refractivity contribution in [3.8, 4) is 0 Å². The largest absolute Gasteiger partial charge is 0.481 e. The molecule has 1 aliphatic rings. The lowest BCUT2D eigenvalue weighted by atomic mass is 10.0. The highest BCUT2D eigenvalue weighted by Gasteiger charge is 2.26. The van der Waals surface area contributed by atoms with Gasteiger partial charge < -0.3 is 15.3 Å². The molecule has 108 valence electrons. The average Bonchev–Trinajstić information content (AvgIpc) is 2.88. The summed E-state index contributed by atoms with van der Waals surface area (Å²) in [7, 11) is 0. The van der Waals surface area contributed by atoms with Crippen LogP contribution in [0.25, 0.3) is 0 Å². The topological polar surface area (TPSA) is 69.6 Å². The number of urea groups is 1. The van der Waals surface area contributed by atoms with Gasteiger partial charge in [-0.05, 0) is 37.3 Å². The molecule has 1 aliphatic heterocycles. The van der Waals surface area contributed by atoms with Gasteiger partial charge in [-0.25, -0.2) is 4.79 Å². The molecule has 2 N–H and O–H groups in total. The number of carbonyl (C=O) groups excluding carboxylic acids is 1. The second-order valence-corrected chi connectivity index (χ2v) is 5.28. The van der Waals surface area contributed by atoms with E-state index in [1.54, 1.807) is 4.90 Å². The molecule has 1 aromatic rings. The fraction of sp³-hybridized carbons (Fsp3) is 0.467. The van der Waals surface area contributed by atoms with Gasteiger partial charge in [0.25, 0.3) is 0 Å². The third-order valence-corrected chi connectivity index (χ3v) is 3.73. The lowest BCUT2D eigenvalue weighted by Gasteiger charge is -2.18. The Morgan fingerprint density at radius 2 is 2.15 bits per heavy atom. The summed E-state index contributed by atoms with van der Waals surface area (Å²) < 4.78 is 0. The van der Waals surface area contributed by atoms with E-state index in [-0.39, 0.29) is 12.5 Å². The Kier molecular flexibility index (Phi) is 4.61. The van der Waals surface area contributed by atoms with Crippen molar-refractivity contribution in [3.63, 3.8) is 0 Å². The highest BCUT2D eigenvalue weighted by atomic mass is 16.4. The van der Waals surface area contributed by atoms with Gasteiger partial charge in [0.15, 0.2) is 0 Å². The maximum Gasteiger partial charge on any atom is 0.321 e. The van der Waals surface area contributed by atoms with E-state index in [2.05, 4.69) is 5.32 Å². The summed E-state index contributed by atoms with van der Waals surface area (Å²) in [5.41, 5.74) is 1.86. The Bertz CT molecular complexity index is 502. The molecule has 1 aromatic carbocycles. The van der Waals surface area contributed by atoms with Gasteiger partial charge in [-0.3, -0.25) is 4.79 Å². The molecule has 0 aromatic heterocycles. The van der Waals surface area contributed by atoms with E-state index >= 15 is 0 Å². The maximum atomic E-state index is 12.1. The first-order chi connectivity index (χ1) is 9.56. The number of likely N-dealkylation sites (tertiary alicyclic amines) is 1. The van der Waals surface area contributed by atoms with E-state index in [0.29, 0.717) is 25.4 Å². The molecule has 5 nitrogen and oxygen atoms in total. The minimum atomic E-state index is -0.771. The number of amides is 2. The first kappa shape index (κ1) is 14.4. The standard InChI is InChI=1S/C15H20N2O3/c1-11-4-2-3-5-13(11)16-15(20)17-9-8-12(10-17)6-7-14(18)19/h2-5,12H,6-10H2,1H3,(H,16,20)(H,18,19). The summed E-state index contributed by atoms with van der Waals surface area (Å²) >= 11 is 0. The van der Waals surface area contributed by atoms with Crippen LogP contribution in [0.5, 0.6) is 0 Å². The number of rotatable bonds is 4. The summed E-state index contributed by atoms with van der Waals surface area (Å²) in [6.07, 6.45) is 1.70. The molecule has 5 heteroatoms. The van der Waals surface area contributed by atoms with E-state index in [1.165, 1.54) is 0 Å². The molecular weight excluding hydrogens is 256 g/mol. The third-order valence-electron chi connectivity index (χ3n) is 3.73. The van der Waals surface area contributed by atoms with Crippen molar-refractivity contribution < 1.29 is 14.7 Å². The average molecular weight is 276 g/mol. The van der Waals surface area contributed by atoms with Gasteiger partial charge in [0.05, 0.1) is 0 Å². The van der Waals surface area contributed by atoms with Crippen molar-refractivity contribution in [1.82, 2.24) is 4.90 Å². The number of nitrogens with one attached hydrogen (secondary N) is 1. The number of carbonyl (C=O) groups is 2. The van der Waals surface area contributed by atoms with Gasteiger partial charge >= 0.3 is 12.0 Å². The summed E-state index contributed by atoms with van der Waals surface area (Å²) in [6, 6.07) is 7.56. The Hall–Kier alpha value is -2.04. The zero-order valence-electron chi connectivity index (χ0n) is 11.6. The van der Waals surface area contributed by atoms with E-state index in [4.69, 9.17) is 5.11 Å². The Morgan fingerprint density at radius 3 is 2.85 bits per heavy atom. The molecule has 0 spiro atoms. The quantitative estimate of drug-likeness (QED) is 0.888. The minimum Gasteiger partial charge on any atom is -0.481 e. The molecule has 1 atom stereocenters. The van der Waals surface area contributed by atoms with Crippen LogP contribution in [0.1, 0.15) is 24.8 Å². The molecule has 0 radical (unpaired) electrons. The lowest BCUT2D eigenvalue weighted by Crippen LogP contribution is -2.33. The number of para-hydroxylation sites is 1. The number of benzene rings is 1. The van der Waals surface area contributed by atoms with Gasteiger partial charge in [-0.2, -0.15) is 0 Å². The number of anilines is 1. The molecule has 1 saturated heterocycles. The number of aryl methyl sites for hydroxylation is 1. The van der Waals surface area contributed by atoms with Crippen LogP contribution in [-0.2, 0) is 4.79 Å². The first-order valence-electron chi connectivity index (χ1n) is 6.89. The number of carboxylic acid groups (broad SMARTS) is 1. The fourth-order valence-electron chi connectivity index (χ4n) is 2.49. The smallest absolute Gasteiger partial charge is 0.321 e. The lowest BCUT2D eigenvalue weighted by molar-refractivity contribution is -0.137. The highest BCUT2D eigenvalue weighted by Crippen LogP contribution is 2.22. The van der Waals surface area contributed by atoms with Crippen LogP contribution in [0.3, 0.4) is 0 Å². The summed E-state index contributed by atoms with van der Waals surface area (Å²) in [6.45, 7) is 3.29. The van der Waals surface area contributed by atoms with Crippen LogP contribution in [0.2, 0.25) is 0 Å².